The maximum atomic E-state index is 12.0. The van der Waals surface area contributed by atoms with Gasteiger partial charge in [0.2, 0.25) is 0 Å². The molecule has 1 aromatic heterocycles. The van der Waals surface area contributed by atoms with Crippen LogP contribution in [0.1, 0.15) is 43.6 Å². The van der Waals surface area contributed by atoms with Crippen molar-refractivity contribution >= 4 is 11.7 Å². The van der Waals surface area contributed by atoms with Gasteiger partial charge in [-0.05, 0) is 31.6 Å². The number of carbonyl (C=O) groups is 1. The Kier molecular flexibility index (Phi) is 3.79. The van der Waals surface area contributed by atoms with E-state index in [1.165, 1.54) is 19.0 Å². The summed E-state index contributed by atoms with van der Waals surface area (Å²) in [6.45, 7) is 5.66. The van der Waals surface area contributed by atoms with Crippen LogP contribution in [-0.4, -0.2) is 29.0 Å². The van der Waals surface area contributed by atoms with Crippen molar-refractivity contribution in [2.45, 2.75) is 33.1 Å². The van der Waals surface area contributed by atoms with Gasteiger partial charge in [0.25, 0.3) is 5.91 Å². The van der Waals surface area contributed by atoms with E-state index >= 15 is 0 Å². The highest BCUT2D eigenvalue weighted by atomic mass is 16.1. The van der Waals surface area contributed by atoms with E-state index in [1.807, 2.05) is 6.92 Å². The van der Waals surface area contributed by atoms with Gasteiger partial charge >= 0.3 is 0 Å². The monoisotopic (exact) mass is 248 g/mol. The Morgan fingerprint density at radius 3 is 2.78 bits per heavy atom. The lowest BCUT2D eigenvalue weighted by atomic mass is 10.0. The summed E-state index contributed by atoms with van der Waals surface area (Å²) < 4.78 is 0. The standard InChI is InChI=1S/C13H20N4O/c1-3-13(5-6-13)9-16-12(18)10-7-14-8-11(17-10)15-4-2/h7-8H,3-6,9H2,1-2H3,(H,15,17)(H,16,18). The maximum absolute atomic E-state index is 12.0. The quantitative estimate of drug-likeness (QED) is 0.806. The zero-order chi connectivity index (χ0) is 13.0. The molecule has 0 atom stereocenters. The molecule has 0 aliphatic heterocycles. The number of nitrogens with one attached hydrogen (secondary N) is 2. The van der Waals surface area contributed by atoms with Gasteiger partial charge in [0.05, 0.1) is 12.4 Å². The zero-order valence-corrected chi connectivity index (χ0v) is 11.0. The fourth-order valence-corrected chi connectivity index (χ4v) is 1.93. The Bertz CT molecular complexity index is 429. The van der Waals surface area contributed by atoms with Crippen molar-refractivity contribution < 1.29 is 4.79 Å². The van der Waals surface area contributed by atoms with Crippen molar-refractivity contribution in [3.63, 3.8) is 0 Å². The fraction of sp³-hybridized carbons (Fsp3) is 0.615. The minimum absolute atomic E-state index is 0.137. The van der Waals surface area contributed by atoms with Crippen molar-refractivity contribution in [1.29, 1.82) is 0 Å². The molecular weight excluding hydrogens is 228 g/mol. The zero-order valence-electron chi connectivity index (χ0n) is 11.0. The second-order valence-corrected chi connectivity index (χ2v) is 4.86. The molecular formula is C13H20N4O. The smallest absolute Gasteiger partial charge is 0.271 e. The van der Waals surface area contributed by atoms with Crippen LogP contribution in [0.5, 0.6) is 0 Å². The van der Waals surface area contributed by atoms with E-state index in [9.17, 15) is 4.79 Å². The summed E-state index contributed by atoms with van der Waals surface area (Å²) in [5, 5.41) is 6.00. The largest absolute Gasteiger partial charge is 0.369 e. The van der Waals surface area contributed by atoms with Gasteiger partial charge in [-0.3, -0.25) is 9.78 Å². The highest BCUT2D eigenvalue weighted by molar-refractivity contribution is 5.92. The normalized spacial score (nSPS) is 16.1. The van der Waals surface area contributed by atoms with Crippen LogP contribution in [0.25, 0.3) is 0 Å². The molecule has 0 aromatic carbocycles. The topological polar surface area (TPSA) is 66.9 Å². The second kappa shape index (κ2) is 5.33. The van der Waals surface area contributed by atoms with Crippen molar-refractivity contribution in [2.75, 3.05) is 18.4 Å². The van der Waals surface area contributed by atoms with Crippen molar-refractivity contribution in [2.24, 2.45) is 5.41 Å². The lowest BCUT2D eigenvalue weighted by molar-refractivity contribution is 0.0939. The van der Waals surface area contributed by atoms with Crippen LogP contribution in [0.2, 0.25) is 0 Å². The molecule has 1 heterocycles. The molecule has 0 bridgehead atoms. The molecule has 1 fully saturated rings. The molecule has 0 spiro atoms. The van der Waals surface area contributed by atoms with E-state index in [0.29, 0.717) is 16.9 Å². The minimum atomic E-state index is -0.137. The molecule has 5 heteroatoms. The van der Waals surface area contributed by atoms with Gasteiger partial charge in [-0.1, -0.05) is 6.92 Å². The van der Waals surface area contributed by atoms with Crippen molar-refractivity contribution in [3.8, 4) is 0 Å². The molecule has 0 radical (unpaired) electrons. The molecule has 0 unspecified atom stereocenters. The van der Waals surface area contributed by atoms with Crippen LogP contribution in [0, 0.1) is 5.41 Å². The van der Waals surface area contributed by atoms with E-state index in [4.69, 9.17) is 0 Å². The van der Waals surface area contributed by atoms with Gasteiger partial charge in [-0.2, -0.15) is 0 Å². The number of anilines is 1. The van der Waals surface area contributed by atoms with Crippen LogP contribution < -0.4 is 10.6 Å². The third kappa shape index (κ3) is 2.97. The fourth-order valence-electron chi connectivity index (χ4n) is 1.93. The molecule has 1 aliphatic rings. The molecule has 5 nitrogen and oxygen atoms in total. The third-order valence-electron chi connectivity index (χ3n) is 3.56. The van der Waals surface area contributed by atoms with Crippen LogP contribution in [0.3, 0.4) is 0 Å². The molecule has 18 heavy (non-hydrogen) atoms. The number of hydrogen-bond acceptors (Lipinski definition) is 4. The number of hydrogen-bond donors (Lipinski definition) is 2. The van der Waals surface area contributed by atoms with E-state index in [-0.39, 0.29) is 5.91 Å². The Morgan fingerprint density at radius 2 is 2.17 bits per heavy atom. The van der Waals surface area contributed by atoms with E-state index < -0.39 is 0 Å². The number of amides is 1. The summed E-state index contributed by atoms with van der Waals surface area (Å²) in [7, 11) is 0. The lowest BCUT2D eigenvalue weighted by Gasteiger charge is -2.13. The summed E-state index contributed by atoms with van der Waals surface area (Å²) in [6.07, 6.45) is 6.67. The van der Waals surface area contributed by atoms with E-state index in [0.717, 1.165) is 19.5 Å². The van der Waals surface area contributed by atoms with Crippen LogP contribution in [0.4, 0.5) is 5.82 Å². The summed E-state index contributed by atoms with van der Waals surface area (Å²) in [4.78, 5) is 20.2. The predicted octanol–water partition coefficient (Wildman–Crippen LogP) is 1.83. The van der Waals surface area contributed by atoms with E-state index in [1.54, 1.807) is 6.20 Å². The van der Waals surface area contributed by atoms with Crippen LogP contribution in [0.15, 0.2) is 12.4 Å². The van der Waals surface area contributed by atoms with Gasteiger partial charge < -0.3 is 10.6 Å². The number of nitrogens with zero attached hydrogens (tertiary/aromatic N) is 2. The number of rotatable bonds is 6. The van der Waals surface area contributed by atoms with Gasteiger partial charge in [0, 0.05) is 13.1 Å². The molecule has 98 valence electrons. The van der Waals surface area contributed by atoms with Gasteiger partial charge in [0.15, 0.2) is 0 Å². The number of carbonyl (C=O) groups excluding carboxylic acids is 1. The molecule has 1 amide bonds. The van der Waals surface area contributed by atoms with Crippen molar-refractivity contribution in [1.82, 2.24) is 15.3 Å². The minimum Gasteiger partial charge on any atom is -0.369 e. The second-order valence-electron chi connectivity index (χ2n) is 4.86. The first kappa shape index (κ1) is 12.8. The van der Waals surface area contributed by atoms with Crippen molar-refractivity contribution in [3.05, 3.63) is 18.1 Å². The first-order chi connectivity index (χ1) is 8.69. The SMILES string of the molecule is CCNc1cncc(C(=O)NCC2(CC)CC2)n1. The van der Waals surface area contributed by atoms with Gasteiger partial charge in [0.1, 0.15) is 11.5 Å². The Balaban J connectivity index is 1.93. The third-order valence-corrected chi connectivity index (χ3v) is 3.56. The predicted molar refractivity (Wildman–Crippen MR) is 70.5 cm³/mol. The first-order valence-corrected chi connectivity index (χ1v) is 6.53. The average molecular weight is 248 g/mol. The highest BCUT2D eigenvalue weighted by Gasteiger charge is 2.40. The highest BCUT2D eigenvalue weighted by Crippen LogP contribution is 2.47. The van der Waals surface area contributed by atoms with Gasteiger partial charge in [-0.25, -0.2) is 4.98 Å². The van der Waals surface area contributed by atoms with Gasteiger partial charge in [-0.15, -0.1) is 0 Å². The lowest BCUT2D eigenvalue weighted by Crippen LogP contribution is -2.30. The molecule has 1 aliphatic carbocycles. The summed E-state index contributed by atoms with van der Waals surface area (Å²) in [5.74, 6) is 0.503. The molecule has 2 N–H and O–H groups in total. The average Bonchev–Trinajstić information content (AvgIpc) is 3.17. The molecule has 1 saturated carbocycles. The van der Waals surface area contributed by atoms with Crippen LogP contribution >= 0.6 is 0 Å². The molecule has 0 saturated heterocycles. The first-order valence-electron chi connectivity index (χ1n) is 6.53. The van der Waals surface area contributed by atoms with Crippen LogP contribution in [-0.2, 0) is 0 Å². The Morgan fingerprint density at radius 1 is 1.39 bits per heavy atom. The Labute approximate surface area is 107 Å². The summed E-state index contributed by atoms with van der Waals surface area (Å²) in [5.41, 5.74) is 0.725. The maximum Gasteiger partial charge on any atom is 0.271 e. The summed E-state index contributed by atoms with van der Waals surface area (Å²) >= 11 is 0. The number of aromatic nitrogens is 2. The summed E-state index contributed by atoms with van der Waals surface area (Å²) in [6, 6.07) is 0. The Hall–Kier alpha value is -1.65. The molecule has 2 rings (SSSR count). The van der Waals surface area contributed by atoms with E-state index in [2.05, 4.69) is 27.5 Å². The molecule has 1 aromatic rings.